The number of aliphatic hydroxyl groups excluding tert-OH is 1. The number of quaternary nitrogens is 1. The molecule has 13 nitrogen and oxygen atoms in total. The van der Waals surface area contributed by atoms with Crippen LogP contribution >= 0.6 is 0 Å². The first kappa shape index (κ1) is 38.8. The van der Waals surface area contributed by atoms with Crippen LogP contribution in [0.5, 0.6) is 0 Å². The van der Waals surface area contributed by atoms with Gasteiger partial charge in [-0.2, -0.15) is 0 Å². The van der Waals surface area contributed by atoms with Crippen molar-refractivity contribution in [2.45, 2.75) is 84.3 Å². The van der Waals surface area contributed by atoms with E-state index in [2.05, 4.69) is 10.3 Å². The molecule has 0 spiro atoms. The molecule has 2 amide bonds. The highest BCUT2D eigenvalue weighted by Crippen LogP contribution is 2.30. The van der Waals surface area contributed by atoms with Crippen molar-refractivity contribution in [1.29, 1.82) is 0 Å². The number of amides is 2. The molecule has 2 aliphatic rings. The second-order valence-corrected chi connectivity index (χ2v) is 15.2. The van der Waals surface area contributed by atoms with Crippen molar-refractivity contribution < 1.29 is 46.8 Å². The number of nitrogens with zero attached hydrogens (tertiary/aromatic N) is 2. The van der Waals surface area contributed by atoms with E-state index < -0.39 is 51.1 Å². The summed E-state index contributed by atoms with van der Waals surface area (Å²) < 4.78 is 38.9. The van der Waals surface area contributed by atoms with Gasteiger partial charge < -0.3 is 29.4 Å². The van der Waals surface area contributed by atoms with E-state index in [1.165, 1.54) is 17.1 Å². The highest BCUT2D eigenvalue weighted by molar-refractivity contribution is 7.92. The second-order valence-electron chi connectivity index (χ2n) is 12.9. The third kappa shape index (κ3) is 10.7. The average molecular weight is 692 g/mol. The van der Waals surface area contributed by atoms with Crippen molar-refractivity contribution in [1.82, 2.24) is 15.2 Å². The Labute approximate surface area is 283 Å². The van der Waals surface area contributed by atoms with Gasteiger partial charge in [0.25, 0.3) is 5.91 Å². The minimum absolute atomic E-state index is 0.0321. The number of allylic oxidation sites excluding steroid dienone is 2. The third-order valence-corrected chi connectivity index (χ3v) is 11.0. The second kappa shape index (κ2) is 17.7. The standard InChI is InChI=1S/C34H50N4O9S/c1-7-37(8-2)16-17-48(44,45)28-13-15-38-31(28)34(43)47-32(22(3)4)24(6)11-12-29(41)35-14-9-10-23(5)18-25(39)19-26(40)20-30-36-27(21-46-30)33(38)42/h9-12,18,21-22,24-25,28,31-32,39H,7-8,13-17,19-20H2,1-6H3,(H,35,41)/p+1/t24-,25-,28-,31?,32-/m1/s1. The summed E-state index contributed by atoms with van der Waals surface area (Å²) in [5, 5.41) is 11.9. The number of aliphatic hydroxyl groups is 1. The topological polar surface area (TPSA) is 178 Å². The SMILES string of the molecule is CC[NH+](CC)CCS(=O)(=O)[C@@H]1CCN2C(=O)c3coc(n3)CC(=O)C[C@H](O)C=C(C)C=CCNC(=O)C=C[C@@H](C)[C@@H](C(C)C)OC(=O)C12. The van der Waals surface area contributed by atoms with Crippen LogP contribution in [0.15, 0.2) is 46.6 Å². The number of nitrogens with one attached hydrogen (secondary N) is 2. The molecule has 1 aromatic rings. The molecule has 1 fully saturated rings. The number of carbonyl (C=O) groups excluding carboxylic acids is 4. The van der Waals surface area contributed by atoms with E-state index in [1.54, 1.807) is 32.1 Å². The molecular weight excluding hydrogens is 640 g/mol. The predicted octanol–water partition coefficient (Wildman–Crippen LogP) is 0.852. The molecule has 3 rings (SSSR count). The van der Waals surface area contributed by atoms with Gasteiger partial charge in [0.05, 0.1) is 43.2 Å². The van der Waals surface area contributed by atoms with Gasteiger partial charge in [0, 0.05) is 25.4 Å². The van der Waals surface area contributed by atoms with Crippen molar-refractivity contribution in [2.75, 3.05) is 38.5 Å². The van der Waals surface area contributed by atoms with E-state index in [1.807, 2.05) is 27.7 Å². The maximum atomic E-state index is 14.0. The molecule has 48 heavy (non-hydrogen) atoms. The largest absolute Gasteiger partial charge is 0.460 e. The number of esters is 1. The molecule has 0 saturated carbocycles. The number of oxazole rings is 1. The fourth-order valence-corrected chi connectivity index (χ4v) is 8.08. The fourth-order valence-electron chi connectivity index (χ4n) is 6.08. The number of aromatic nitrogens is 1. The van der Waals surface area contributed by atoms with Crippen molar-refractivity contribution in [3.05, 3.63) is 53.8 Å². The van der Waals surface area contributed by atoms with Crippen LogP contribution < -0.4 is 10.2 Å². The van der Waals surface area contributed by atoms with E-state index in [-0.39, 0.29) is 67.3 Å². The molecular formula is C34H51N4O9S+. The number of hydrogen-bond acceptors (Lipinski definition) is 10. The first-order valence-corrected chi connectivity index (χ1v) is 18.4. The molecule has 3 N–H and O–H groups in total. The van der Waals surface area contributed by atoms with Gasteiger partial charge in [0.1, 0.15) is 24.2 Å². The summed E-state index contributed by atoms with van der Waals surface area (Å²) in [5.74, 6) is -3.16. The van der Waals surface area contributed by atoms with Crippen LogP contribution in [0, 0.1) is 11.8 Å². The number of cyclic esters (lactones) is 1. The molecule has 3 heterocycles. The van der Waals surface area contributed by atoms with Crippen LogP contribution in [-0.2, 0) is 35.4 Å². The molecule has 2 aliphatic heterocycles. The number of ether oxygens (including phenoxy) is 1. The summed E-state index contributed by atoms with van der Waals surface area (Å²) in [5.41, 5.74) is 0.510. The smallest absolute Gasteiger partial charge is 0.330 e. The van der Waals surface area contributed by atoms with Crippen molar-refractivity contribution >= 4 is 33.4 Å². The molecule has 1 saturated heterocycles. The van der Waals surface area contributed by atoms with Crippen LogP contribution in [0.25, 0.3) is 0 Å². The van der Waals surface area contributed by atoms with Crippen LogP contribution in [0.3, 0.4) is 0 Å². The Kier molecular flexibility index (Phi) is 14.3. The molecule has 266 valence electrons. The number of ketones is 1. The zero-order valence-corrected chi connectivity index (χ0v) is 29.6. The lowest BCUT2D eigenvalue weighted by Gasteiger charge is -2.31. The summed E-state index contributed by atoms with van der Waals surface area (Å²) >= 11 is 0. The number of hydrogen-bond donors (Lipinski definition) is 3. The molecule has 1 unspecified atom stereocenters. The molecule has 0 aromatic carbocycles. The van der Waals surface area contributed by atoms with Crippen LogP contribution in [-0.4, -0.2) is 109 Å². The molecule has 0 radical (unpaired) electrons. The molecule has 1 aromatic heterocycles. The van der Waals surface area contributed by atoms with Gasteiger partial charge in [-0.25, -0.2) is 18.2 Å². The number of fused-ring (bicyclic) bond motifs is 3. The molecule has 0 aliphatic carbocycles. The van der Waals surface area contributed by atoms with E-state index in [4.69, 9.17) is 9.15 Å². The van der Waals surface area contributed by atoms with Gasteiger partial charge in [-0.05, 0) is 39.2 Å². The van der Waals surface area contributed by atoms with E-state index in [0.29, 0.717) is 12.1 Å². The lowest BCUT2D eigenvalue weighted by atomic mass is 9.94. The van der Waals surface area contributed by atoms with Gasteiger partial charge in [0.15, 0.2) is 15.5 Å². The van der Waals surface area contributed by atoms with Crippen LogP contribution in [0.1, 0.15) is 70.8 Å². The maximum Gasteiger partial charge on any atom is 0.330 e. The van der Waals surface area contributed by atoms with Gasteiger partial charge >= 0.3 is 5.97 Å². The fraction of sp³-hybridized carbons (Fsp3) is 0.618. The number of carbonyl (C=O) groups is 4. The lowest BCUT2D eigenvalue weighted by Crippen LogP contribution is -3.12. The lowest BCUT2D eigenvalue weighted by molar-refractivity contribution is -0.893. The Morgan fingerprint density at radius 2 is 1.85 bits per heavy atom. The minimum Gasteiger partial charge on any atom is -0.460 e. The average Bonchev–Trinajstić information content (AvgIpc) is 3.68. The monoisotopic (exact) mass is 691 g/mol. The van der Waals surface area contributed by atoms with Gasteiger partial charge in [-0.3, -0.25) is 14.4 Å². The summed E-state index contributed by atoms with van der Waals surface area (Å²) in [6, 6.07) is -1.43. The Morgan fingerprint density at radius 3 is 2.52 bits per heavy atom. The van der Waals surface area contributed by atoms with Gasteiger partial charge in [0.2, 0.25) is 11.8 Å². The number of Topliss-reactive ketones (excluding diaryl/α,β-unsaturated/α-hetero) is 1. The Hall–Kier alpha value is -3.62. The summed E-state index contributed by atoms with van der Waals surface area (Å²) in [6.07, 6.45) is 6.71. The number of rotatable bonds is 7. The van der Waals surface area contributed by atoms with Crippen molar-refractivity contribution in [2.24, 2.45) is 11.8 Å². The van der Waals surface area contributed by atoms with Crippen molar-refractivity contribution in [3.8, 4) is 0 Å². The Morgan fingerprint density at radius 1 is 1.15 bits per heavy atom. The third-order valence-electron chi connectivity index (χ3n) is 8.81. The highest BCUT2D eigenvalue weighted by Gasteiger charge is 2.50. The van der Waals surface area contributed by atoms with Crippen LogP contribution in [0.2, 0.25) is 0 Å². The van der Waals surface area contributed by atoms with Gasteiger partial charge in [-0.1, -0.05) is 50.6 Å². The van der Waals surface area contributed by atoms with E-state index in [9.17, 15) is 32.7 Å². The zero-order valence-electron chi connectivity index (χ0n) is 28.8. The zero-order chi connectivity index (χ0) is 35.6. The number of sulfone groups is 1. The quantitative estimate of drug-likeness (QED) is 0.348. The van der Waals surface area contributed by atoms with Crippen molar-refractivity contribution in [3.63, 3.8) is 0 Å². The highest BCUT2D eigenvalue weighted by atomic mass is 32.2. The normalized spacial score (nSPS) is 25.6. The first-order chi connectivity index (χ1) is 22.7. The summed E-state index contributed by atoms with van der Waals surface area (Å²) in [4.78, 5) is 59.4. The maximum absolute atomic E-state index is 14.0. The Balaban J connectivity index is 2.00. The molecule has 2 bridgehead atoms. The predicted molar refractivity (Wildman–Crippen MR) is 179 cm³/mol. The Bertz CT molecular complexity index is 1490. The summed E-state index contributed by atoms with van der Waals surface area (Å²) in [6.45, 7) is 13.2. The van der Waals surface area contributed by atoms with E-state index in [0.717, 1.165) is 24.3 Å². The first-order valence-electron chi connectivity index (χ1n) is 16.7. The van der Waals surface area contributed by atoms with Crippen LogP contribution in [0.4, 0.5) is 0 Å². The molecule has 5 atom stereocenters. The van der Waals surface area contributed by atoms with Gasteiger partial charge in [-0.15, -0.1) is 0 Å². The molecule has 14 heteroatoms. The minimum atomic E-state index is -3.85. The van der Waals surface area contributed by atoms with E-state index >= 15 is 0 Å². The summed E-state index contributed by atoms with van der Waals surface area (Å²) in [7, 11) is -3.85.